The Kier molecular flexibility index (Phi) is 5.04. The third kappa shape index (κ3) is 4.70. The van der Waals surface area contributed by atoms with Crippen LogP contribution in [0.25, 0.3) is 0 Å². The number of aliphatic hydroxyl groups is 1. The van der Waals surface area contributed by atoms with E-state index in [1.54, 1.807) is 4.90 Å². The van der Waals surface area contributed by atoms with E-state index >= 15 is 0 Å². The number of rotatable bonds is 2. The molecule has 1 heterocycles. The number of benzene rings is 1. The van der Waals surface area contributed by atoms with Gasteiger partial charge in [-0.3, -0.25) is 4.79 Å². The van der Waals surface area contributed by atoms with Crippen molar-refractivity contribution in [1.29, 1.82) is 0 Å². The lowest BCUT2D eigenvalue weighted by Crippen LogP contribution is -2.38. The van der Waals surface area contributed by atoms with Crippen molar-refractivity contribution in [3.05, 3.63) is 35.4 Å². The molecule has 1 aliphatic rings. The van der Waals surface area contributed by atoms with E-state index in [0.29, 0.717) is 25.9 Å². The molecule has 2 rings (SSSR count). The Morgan fingerprint density at radius 1 is 1.35 bits per heavy atom. The van der Waals surface area contributed by atoms with E-state index in [0.717, 1.165) is 6.07 Å². The minimum atomic E-state index is -4.47. The minimum absolute atomic E-state index is 0.00685. The molecular formula is C17H22F3NO2. The van der Waals surface area contributed by atoms with Gasteiger partial charge in [-0.05, 0) is 29.9 Å². The molecule has 0 unspecified atom stereocenters. The Morgan fingerprint density at radius 3 is 2.65 bits per heavy atom. The maximum absolute atomic E-state index is 13.0. The van der Waals surface area contributed by atoms with Crippen molar-refractivity contribution in [3.8, 4) is 0 Å². The number of hydrogen-bond acceptors (Lipinski definition) is 2. The van der Waals surface area contributed by atoms with Crippen LogP contribution >= 0.6 is 0 Å². The standard InChI is InChI=1S/C17H22F3NO2/c1-16(2)10-13(22)7-8-21(11-16)15(23)9-12-5-3-4-6-14(12)17(18,19)20/h3-6,13,22H,7-11H2,1-2H3/t13-/m0/s1. The lowest BCUT2D eigenvalue weighted by Gasteiger charge is -2.30. The largest absolute Gasteiger partial charge is 0.416 e. The van der Waals surface area contributed by atoms with Crippen molar-refractivity contribution in [2.45, 2.75) is 45.4 Å². The van der Waals surface area contributed by atoms with E-state index < -0.39 is 17.8 Å². The first kappa shape index (κ1) is 17.8. The summed E-state index contributed by atoms with van der Waals surface area (Å²) in [6.07, 6.45) is -4.19. The van der Waals surface area contributed by atoms with Gasteiger partial charge in [-0.1, -0.05) is 32.0 Å². The third-order valence-corrected chi connectivity index (χ3v) is 4.16. The zero-order chi connectivity index (χ0) is 17.3. The van der Waals surface area contributed by atoms with Crippen molar-refractivity contribution in [2.75, 3.05) is 13.1 Å². The predicted octanol–water partition coefficient (Wildman–Crippen LogP) is 3.26. The molecule has 6 heteroatoms. The van der Waals surface area contributed by atoms with Gasteiger partial charge in [0.2, 0.25) is 5.91 Å². The van der Waals surface area contributed by atoms with Gasteiger partial charge in [0.05, 0.1) is 18.1 Å². The summed E-state index contributed by atoms with van der Waals surface area (Å²) in [5, 5.41) is 9.88. The van der Waals surface area contributed by atoms with Crippen LogP contribution in [0.3, 0.4) is 0 Å². The summed E-state index contributed by atoms with van der Waals surface area (Å²) in [6, 6.07) is 5.17. The summed E-state index contributed by atoms with van der Waals surface area (Å²) in [6.45, 7) is 4.71. The monoisotopic (exact) mass is 329 g/mol. The van der Waals surface area contributed by atoms with Crippen LogP contribution in [0.4, 0.5) is 13.2 Å². The minimum Gasteiger partial charge on any atom is -0.393 e. The smallest absolute Gasteiger partial charge is 0.393 e. The highest BCUT2D eigenvalue weighted by Gasteiger charge is 2.35. The van der Waals surface area contributed by atoms with Crippen LogP contribution < -0.4 is 0 Å². The van der Waals surface area contributed by atoms with Gasteiger partial charge in [-0.25, -0.2) is 0 Å². The molecule has 23 heavy (non-hydrogen) atoms. The molecule has 1 aliphatic heterocycles. The normalized spacial score (nSPS) is 21.8. The summed E-state index contributed by atoms with van der Waals surface area (Å²) in [5.74, 6) is -0.330. The average Bonchev–Trinajstić information content (AvgIpc) is 2.55. The molecule has 1 saturated heterocycles. The molecule has 0 bridgehead atoms. The molecule has 0 radical (unpaired) electrons. The molecular weight excluding hydrogens is 307 g/mol. The predicted molar refractivity (Wildman–Crippen MR) is 80.7 cm³/mol. The van der Waals surface area contributed by atoms with Gasteiger partial charge in [0.25, 0.3) is 0 Å². The fourth-order valence-electron chi connectivity index (χ4n) is 3.14. The number of hydrogen-bond donors (Lipinski definition) is 1. The second-order valence-electron chi connectivity index (χ2n) is 6.96. The van der Waals surface area contributed by atoms with Crippen molar-refractivity contribution in [3.63, 3.8) is 0 Å². The van der Waals surface area contributed by atoms with E-state index in [2.05, 4.69) is 0 Å². The molecule has 0 aliphatic carbocycles. The second-order valence-corrected chi connectivity index (χ2v) is 6.96. The van der Waals surface area contributed by atoms with Crippen molar-refractivity contribution in [2.24, 2.45) is 5.41 Å². The topological polar surface area (TPSA) is 40.5 Å². The molecule has 1 aromatic rings. The molecule has 1 amide bonds. The maximum atomic E-state index is 13.0. The van der Waals surface area contributed by atoms with E-state index in [9.17, 15) is 23.1 Å². The van der Waals surface area contributed by atoms with Crippen molar-refractivity contribution in [1.82, 2.24) is 4.90 Å². The molecule has 0 aromatic heterocycles. The van der Waals surface area contributed by atoms with Crippen molar-refractivity contribution >= 4 is 5.91 Å². The lowest BCUT2D eigenvalue weighted by atomic mass is 9.87. The number of carbonyl (C=O) groups is 1. The molecule has 1 atom stereocenters. The Balaban J connectivity index is 2.16. The molecule has 0 spiro atoms. The molecule has 0 saturated carbocycles. The van der Waals surface area contributed by atoms with Gasteiger partial charge < -0.3 is 10.0 Å². The number of alkyl halides is 3. The van der Waals surface area contributed by atoms with E-state index in [-0.39, 0.29) is 23.3 Å². The van der Waals surface area contributed by atoms with Crippen LogP contribution in [-0.4, -0.2) is 35.1 Å². The van der Waals surface area contributed by atoms with Gasteiger partial charge in [0.1, 0.15) is 0 Å². The van der Waals surface area contributed by atoms with Gasteiger partial charge in [-0.15, -0.1) is 0 Å². The van der Waals surface area contributed by atoms with E-state index in [1.165, 1.54) is 18.2 Å². The Hall–Kier alpha value is -1.56. The Morgan fingerprint density at radius 2 is 2.00 bits per heavy atom. The first-order chi connectivity index (χ1) is 10.6. The Labute approximate surface area is 134 Å². The highest BCUT2D eigenvalue weighted by Crippen LogP contribution is 2.33. The maximum Gasteiger partial charge on any atom is 0.416 e. The molecule has 1 N–H and O–H groups in total. The molecule has 128 valence electrons. The van der Waals surface area contributed by atoms with Crippen LogP contribution in [-0.2, 0) is 17.4 Å². The highest BCUT2D eigenvalue weighted by molar-refractivity contribution is 5.79. The van der Waals surface area contributed by atoms with Crippen LogP contribution in [0.5, 0.6) is 0 Å². The number of likely N-dealkylation sites (tertiary alicyclic amines) is 1. The van der Waals surface area contributed by atoms with Crippen molar-refractivity contribution < 1.29 is 23.1 Å². The molecule has 3 nitrogen and oxygen atoms in total. The number of nitrogens with zero attached hydrogens (tertiary/aromatic N) is 1. The summed E-state index contributed by atoms with van der Waals surface area (Å²) in [4.78, 5) is 14.0. The highest BCUT2D eigenvalue weighted by atomic mass is 19.4. The third-order valence-electron chi connectivity index (χ3n) is 4.16. The first-order valence-electron chi connectivity index (χ1n) is 7.69. The van der Waals surface area contributed by atoms with Crippen LogP contribution in [0.15, 0.2) is 24.3 Å². The molecule has 1 aromatic carbocycles. The van der Waals surface area contributed by atoms with Crippen LogP contribution in [0.1, 0.15) is 37.8 Å². The summed E-state index contributed by atoms with van der Waals surface area (Å²) in [7, 11) is 0. The van der Waals surface area contributed by atoms with Gasteiger partial charge in [0.15, 0.2) is 0 Å². The van der Waals surface area contributed by atoms with Gasteiger partial charge >= 0.3 is 6.18 Å². The zero-order valence-electron chi connectivity index (χ0n) is 13.4. The SMILES string of the molecule is CC1(C)C[C@@H](O)CCN(C(=O)Cc2ccccc2C(F)(F)F)C1. The fraction of sp³-hybridized carbons (Fsp3) is 0.588. The second kappa shape index (κ2) is 6.51. The number of carbonyl (C=O) groups excluding carboxylic acids is 1. The summed E-state index contributed by atoms with van der Waals surface area (Å²) in [5.41, 5.74) is -1.02. The molecule has 1 fully saturated rings. The van der Waals surface area contributed by atoms with Crippen LogP contribution in [0, 0.1) is 5.41 Å². The number of aliphatic hydroxyl groups excluding tert-OH is 1. The number of halogens is 3. The lowest BCUT2D eigenvalue weighted by molar-refractivity contribution is -0.138. The average molecular weight is 329 g/mol. The van der Waals surface area contributed by atoms with Crippen LogP contribution in [0.2, 0.25) is 0 Å². The zero-order valence-corrected chi connectivity index (χ0v) is 13.4. The Bertz CT molecular complexity index is 569. The quantitative estimate of drug-likeness (QED) is 0.905. The summed E-state index contributed by atoms with van der Waals surface area (Å²) < 4.78 is 39.1. The van der Waals surface area contributed by atoms with E-state index in [4.69, 9.17) is 0 Å². The summed E-state index contributed by atoms with van der Waals surface area (Å²) >= 11 is 0. The van der Waals surface area contributed by atoms with E-state index in [1.807, 2.05) is 13.8 Å². The number of amides is 1. The fourth-order valence-corrected chi connectivity index (χ4v) is 3.14. The van der Waals surface area contributed by atoms with Gasteiger partial charge in [0, 0.05) is 13.1 Å². The van der Waals surface area contributed by atoms with Gasteiger partial charge in [-0.2, -0.15) is 13.2 Å². The first-order valence-corrected chi connectivity index (χ1v) is 7.69.